The van der Waals surface area contributed by atoms with E-state index in [-0.39, 0.29) is 11.1 Å². The van der Waals surface area contributed by atoms with E-state index in [4.69, 9.17) is 0 Å². The van der Waals surface area contributed by atoms with Crippen molar-refractivity contribution in [2.45, 2.75) is 11.8 Å². The number of carbonyl (C=O) groups is 2. The van der Waals surface area contributed by atoms with Gasteiger partial charge in [0.2, 0.25) is 5.91 Å². The monoisotopic (exact) mass is 372 g/mol. The Morgan fingerprint density at radius 3 is 2.54 bits per heavy atom. The summed E-state index contributed by atoms with van der Waals surface area (Å²) in [6, 6.07) is 11.3. The van der Waals surface area contributed by atoms with Gasteiger partial charge in [-0.25, -0.2) is 8.78 Å². The van der Waals surface area contributed by atoms with Gasteiger partial charge in [-0.2, -0.15) is 0 Å². The Morgan fingerprint density at radius 2 is 1.85 bits per heavy atom. The number of nitrogens with zero attached hydrogens (tertiary/aromatic N) is 2. The Kier molecular flexibility index (Phi) is 4.03. The van der Waals surface area contributed by atoms with Crippen LogP contribution in [0.15, 0.2) is 48.7 Å². The molecule has 1 fully saturated rings. The van der Waals surface area contributed by atoms with E-state index in [9.17, 15) is 18.4 Å². The van der Waals surface area contributed by atoms with Gasteiger partial charge in [-0.05, 0) is 35.5 Å². The van der Waals surface area contributed by atoms with Crippen molar-refractivity contribution in [1.29, 1.82) is 0 Å². The van der Waals surface area contributed by atoms with Crippen molar-refractivity contribution in [3.8, 4) is 0 Å². The van der Waals surface area contributed by atoms with Crippen LogP contribution >= 0.6 is 11.8 Å². The average Bonchev–Trinajstić information content (AvgIpc) is 3.11. The third-order valence-corrected chi connectivity index (χ3v) is 5.65. The summed E-state index contributed by atoms with van der Waals surface area (Å²) >= 11 is 0.988. The molecule has 132 valence electrons. The molecule has 0 radical (unpaired) electrons. The molecule has 4 nitrogen and oxygen atoms in total. The highest BCUT2D eigenvalue weighted by molar-refractivity contribution is 8.15. The third kappa shape index (κ3) is 2.68. The molecule has 0 N–H and O–H groups in total. The first-order chi connectivity index (χ1) is 12.5. The Labute approximate surface area is 152 Å². The van der Waals surface area contributed by atoms with Gasteiger partial charge in [0, 0.05) is 36.3 Å². The van der Waals surface area contributed by atoms with Crippen molar-refractivity contribution < 1.29 is 18.4 Å². The minimum Gasteiger partial charge on any atom is -0.343 e. The number of rotatable bonds is 3. The summed E-state index contributed by atoms with van der Waals surface area (Å²) < 4.78 is 28.5. The van der Waals surface area contributed by atoms with E-state index in [1.165, 1.54) is 13.1 Å². The predicted molar refractivity (Wildman–Crippen MR) is 95.9 cm³/mol. The van der Waals surface area contributed by atoms with E-state index in [2.05, 4.69) is 0 Å². The molecule has 2 aromatic carbocycles. The molecule has 2 heterocycles. The van der Waals surface area contributed by atoms with E-state index in [1.807, 2.05) is 35.0 Å². The second kappa shape index (κ2) is 6.25. The van der Waals surface area contributed by atoms with Crippen LogP contribution in [0.2, 0.25) is 0 Å². The maximum absolute atomic E-state index is 13.5. The fourth-order valence-corrected chi connectivity index (χ4v) is 4.17. The molecule has 2 amide bonds. The average molecular weight is 372 g/mol. The fourth-order valence-electron chi connectivity index (χ4n) is 3.14. The number of halogens is 2. The first-order valence-corrected chi connectivity index (χ1v) is 8.83. The Balaban J connectivity index is 1.78. The molecule has 1 aromatic heterocycles. The van der Waals surface area contributed by atoms with Gasteiger partial charge in [-0.15, -0.1) is 0 Å². The van der Waals surface area contributed by atoms with Crippen molar-refractivity contribution in [3.05, 3.63) is 71.4 Å². The zero-order chi connectivity index (χ0) is 18.4. The molecular weight excluding hydrogens is 358 g/mol. The van der Waals surface area contributed by atoms with Gasteiger partial charge in [-0.1, -0.05) is 24.3 Å². The Bertz CT molecular complexity index is 1050. The van der Waals surface area contributed by atoms with E-state index < -0.39 is 16.9 Å². The second-order valence-corrected chi connectivity index (χ2v) is 7.20. The molecule has 0 spiro atoms. The van der Waals surface area contributed by atoms with Crippen molar-refractivity contribution in [2.24, 2.45) is 0 Å². The number of para-hydroxylation sites is 1. The number of imide groups is 1. The van der Waals surface area contributed by atoms with Gasteiger partial charge in [0.1, 0.15) is 5.25 Å². The molecule has 0 aliphatic carbocycles. The zero-order valence-electron chi connectivity index (χ0n) is 13.8. The lowest BCUT2D eigenvalue weighted by atomic mass is 10.1. The summed E-state index contributed by atoms with van der Waals surface area (Å²) in [7, 11) is 1.47. The minimum absolute atomic E-state index is 0.254. The Hall–Kier alpha value is -2.67. The first kappa shape index (κ1) is 16.8. The van der Waals surface area contributed by atoms with Crippen molar-refractivity contribution in [2.75, 3.05) is 7.05 Å². The third-order valence-electron chi connectivity index (χ3n) is 4.49. The number of thioether (sulfide) groups is 1. The summed E-state index contributed by atoms with van der Waals surface area (Å²) in [6.07, 6.45) is 1.81. The standard InChI is InChI=1S/C19H14F2N2O2S/c1-22-18(24)17(26-19(22)25)13-10-23(16-5-3-2-4-12(13)16)9-11-6-7-14(20)15(21)8-11/h2-8,10,17H,9H2,1H3. The molecule has 1 unspecified atom stereocenters. The van der Waals surface area contributed by atoms with Gasteiger partial charge in [-0.3, -0.25) is 14.5 Å². The lowest BCUT2D eigenvalue weighted by Gasteiger charge is -2.07. The number of fused-ring (bicyclic) bond motifs is 1. The molecule has 7 heteroatoms. The quantitative estimate of drug-likeness (QED) is 0.687. The summed E-state index contributed by atoms with van der Waals surface area (Å²) in [5, 5.41) is -0.00919. The van der Waals surface area contributed by atoms with E-state index in [0.29, 0.717) is 12.1 Å². The van der Waals surface area contributed by atoms with Gasteiger partial charge in [0.25, 0.3) is 5.24 Å². The van der Waals surface area contributed by atoms with Gasteiger partial charge >= 0.3 is 0 Å². The Morgan fingerprint density at radius 1 is 1.08 bits per heavy atom. The van der Waals surface area contributed by atoms with Gasteiger partial charge in [0.05, 0.1) is 0 Å². The summed E-state index contributed by atoms with van der Waals surface area (Å²) in [5.41, 5.74) is 2.22. The van der Waals surface area contributed by atoms with Crippen LogP contribution in [0.3, 0.4) is 0 Å². The molecule has 1 saturated heterocycles. The molecular formula is C19H14F2N2O2S. The number of amides is 2. The zero-order valence-corrected chi connectivity index (χ0v) is 14.6. The molecule has 0 bridgehead atoms. The number of hydrogen-bond acceptors (Lipinski definition) is 3. The number of likely N-dealkylation sites (N-methyl/N-ethyl adjacent to an activating group) is 1. The van der Waals surface area contributed by atoms with Crippen LogP contribution in [0, 0.1) is 11.6 Å². The van der Waals surface area contributed by atoms with E-state index >= 15 is 0 Å². The highest BCUT2D eigenvalue weighted by atomic mass is 32.2. The SMILES string of the molecule is CN1C(=O)SC(c2cn(Cc3ccc(F)c(F)c3)c3ccccc23)C1=O. The van der Waals surface area contributed by atoms with Crippen LogP contribution in [0.4, 0.5) is 13.6 Å². The van der Waals surface area contributed by atoms with Crippen molar-refractivity contribution in [1.82, 2.24) is 9.47 Å². The van der Waals surface area contributed by atoms with Gasteiger partial charge < -0.3 is 4.57 Å². The first-order valence-electron chi connectivity index (χ1n) is 7.95. The maximum atomic E-state index is 13.5. The van der Waals surface area contributed by atoms with Crippen LogP contribution in [0.25, 0.3) is 10.9 Å². The summed E-state index contributed by atoms with van der Waals surface area (Å²) in [5.74, 6) is -2.04. The molecule has 1 aliphatic rings. The normalized spacial score (nSPS) is 17.5. The lowest BCUT2D eigenvalue weighted by molar-refractivity contribution is -0.125. The van der Waals surface area contributed by atoms with Crippen LogP contribution < -0.4 is 0 Å². The van der Waals surface area contributed by atoms with Gasteiger partial charge in [0.15, 0.2) is 11.6 Å². The molecule has 4 rings (SSSR count). The molecule has 1 aliphatic heterocycles. The van der Waals surface area contributed by atoms with Crippen LogP contribution in [-0.4, -0.2) is 27.7 Å². The predicted octanol–water partition coefficient (Wildman–Crippen LogP) is 4.33. The molecule has 1 atom stereocenters. The molecule has 26 heavy (non-hydrogen) atoms. The summed E-state index contributed by atoms with van der Waals surface area (Å²) in [6.45, 7) is 0.326. The van der Waals surface area contributed by atoms with Crippen LogP contribution in [0.1, 0.15) is 16.4 Å². The second-order valence-electron chi connectivity index (χ2n) is 6.14. The topological polar surface area (TPSA) is 42.3 Å². The van der Waals surface area contributed by atoms with Crippen LogP contribution in [-0.2, 0) is 11.3 Å². The largest absolute Gasteiger partial charge is 0.343 e. The minimum atomic E-state index is -0.895. The lowest BCUT2D eigenvalue weighted by Crippen LogP contribution is -2.24. The smallest absolute Gasteiger partial charge is 0.289 e. The molecule has 0 saturated carbocycles. The number of aromatic nitrogens is 1. The summed E-state index contributed by atoms with van der Waals surface area (Å²) in [4.78, 5) is 25.4. The number of carbonyl (C=O) groups excluding carboxylic acids is 2. The number of hydrogen-bond donors (Lipinski definition) is 0. The number of benzene rings is 2. The van der Waals surface area contributed by atoms with Crippen molar-refractivity contribution in [3.63, 3.8) is 0 Å². The highest BCUT2D eigenvalue weighted by Crippen LogP contribution is 2.42. The van der Waals surface area contributed by atoms with Crippen molar-refractivity contribution >= 4 is 33.8 Å². The fraction of sp³-hybridized carbons (Fsp3) is 0.158. The van der Waals surface area contributed by atoms with E-state index in [0.717, 1.165) is 45.3 Å². The highest BCUT2D eigenvalue weighted by Gasteiger charge is 2.39. The van der Waals surface area contributed by atoms with E-state index in [1.54, 1.807) is 0 Å². The molecule has 3 aromatic rings. The maximum Gasteiger partial charge on any atom is 0.289 e. The van der Waals surface area contributed by atoms with Crippen LogP contribution in [0.5, 0.6) is 0 Å².